The summed E-state index contributed by atoms with van der Waals surface area (Å²) in [4.78, 5) is 14.7. The smallest absolute Gasteiger partial charge is 0.254 e. The maximum Gasteiger partial charge on any atom is 0.254 e. The lowest BCUT2D eigenvalue weighted by Crippen LogP contribution is -2.54. The van der Waals surface area contributed by atoms with Gasteiger partial charge in [-0.05, 0) is 39.9 Å². The number of piperidine rings is 1. The third kappa shape index (κ3) is 4.11. The number of carbonyl (C=O) groups is 1. The first-order valence-electron chi connectivity index (χ1n) is 7.26. The summed E-state index contributed by atoms with van der Waals surface area (Å²) in [5, 5.41) is 0. The Labute approximate surface area is 152 Å². The van der Waals surface area contributed by atoms with Crippen molar-refractivity contribution in [3.8, 4) is 11.5 Å². The monoisotopic (exact) mass is 406 g/mol. The number of methoxy groups -OCH3 is 2. The average Bonchev–Trinajstić information content (AvgIpc) is 2.49. The molecule has 7 heteroatoms. The number of nitrogens with zero attached hydrogens (tertiary/aromatic N) is 1. The van der Waals surface area contributed by atoms with Crippen molar-refractivity contribution in [3.63, 3.8) is 0 Å². The standard InChI is InChI=1S/C16H23BrN2O3.ClH/c1-16(2)9-19(6-5-13(16)18)15(20)10-7-11(21-3)14(17)12(8-10)22-4;/h7-8,13H,5-6,9,18H2,1-4H3;1H. The molecule has 1 saturated heterocycles. The second-order valence-electron chi connectivity index (χ2n) is 6.31. The Morgan fingerprint density at radius 1 is 1.30 bits per heavy atom. The fraction of sp³-hybridized carbons (Fsp3) is 0.562. The minimum atomic E-state index is -0.0859. The van der Waals surface area contributed by atoms with Gasteiger partial charge in [0, 0.05) is 24.7 Å². The van der Waals surface area contributed by atoms with E-state index >= 15 is 0 Å². The predicted octanol–water partition coefficient (Wildman–Crippen LogP) is 3.09. The molecule has 1 aromatic rings. The highest BCUT2D eigenvalue weighted by molar-refractivity contribution is 9.10. The van der Waals surface area contributed by atoms with E-state index in [-0.39, 0.29) is 29.8 Å². The Morgan fingerprint density at radius 3 is 2.26 bits per heavy atom. The van der Waals surface area contributed by atoms with E-state index in [0.717, 1.165) is 6.42 Å². The van der Waals surface area contributed by atoms with E-state index in [2.05, 4.69) is 29.8 Å². The van der Waals surface area contributed by atoms with Crippen LogP contribution in [-0.4, -0.2) is 44.2 Å². The number of rotatable bonds is 3. The summed E-state index contributed by atoms with van der Waals surface area (Å²) < 4.78 is 11.3. The van der Waals surface area contributed by atoms with E-state index in [1.54, 1.807) is 26.4 Å². The van der Waals surface area contributed by atoms with Crippen LogP contribution in [0, 0.1) is 5.41 Å². The third-order valence-electron chi connectivity index (χ3n) is 4.29. The molecule has 0 radical (unpaired) electrons. The highest BCUT2D eigenvalue weighted by Gasteiger charge is 2.35. The Balaban J connectivity index is 0.00000264. The summed E-state index contributed by atoms with van der Waals surface area (Å²) in [7, 11) is 3.13. The summed E-state index contributed by atoms with van der Waals surface area (Å²) in [5.74, 6) is 1.13. The van der Waals surface area contributed by atoms with E-state index in [1.165, 1.54) is 0 Å². The van der Waals surface area contributed by atoms with Gasteiger partial charge in [0.15, 0.2) is 0 Å². The van der Waals surface area contributed by atoms with Crippen molar-refractivity contribution in [1.82, 2.24) is 4.90 Å². The van der Waals surface area contributed by atoms with Crippen LogP contribution >= 0.6 is 28.3 Å². The first kappa shape index (κ1) is 20.1. The topological polar surface area (TPSA) is 64.8 Å². The molecule has 0 aliphatic carbocycles. The van der Waals surface area contributed by atoms with Crippen LogP contribution in [-0.2, 0) is 0 Å². The van der Waals surface area contributed by atoms with Crippen LogP contribution in [0.5, 0.6) is 11.5 Å². The minimum absolute atomic E-state index is 0. The molecule has 1 atom stereocenters. The van der Waals surface area contributed by atoms with Gasteiger partial charge in [0.2, 0.25) is 0 Å². The number of benzene rings is 1. The van der Waals surface area contributed by atoms with E-state index in [9.17, 15) is 4.79 Å². The third-order valence-corrected chi connectivity index (χ3v) is 5.07. The van der Waals surface area contributed by atoms with Crippen molar-refractivity contribution in [1.29, 1.82) is 0 Å². The van der Waals surface area contributed by atoms with Gasteiger partial charge in [0.25, 0.3) is 5.91 Å². The quantitative estimate of drug-likeness (QED) is 0.836. The van der Waals surface area contributed by atoms with Crippen LogP contribution in [0.15, 0.2) is 16.6 Å². The highest BCUT2D eigenvalue weighted by atomic mass is 79.9. The van der Waals surface area contributed by atoms with Gasteiger partial charge < -0.3 is 20.1 Å². The number of hydrogen-bond acceptors (Lipinski definition) is 4. The summed E-state index contributed by atoms with van der Waals surface area (Å²) >= 11 is 3.42. The van der Waals surface area contributed by atoms with Gasteiger partial charge >= 0.3 is 0 Å². The van der Waals surface area contributed by atoms with Gasteiger partial charge in [0.05, 0.1) is 14.2 Å². The predicted molar refractivity (Wildman–Crippen MR) is 96.8 cm³/mol. The molecule has 1 aliphatic heterocycles. The number of ether oxygens (including phenoxy) is 2. The van der Waals surface area contributed by atoms with Gasteiger partial charge in [-0.1, -0.05) is 13.8 Å². The van der Waals surface area contributed by atoms with Crippen LogP contribution in [0.4, 0.5) is 0 Å². The number of likely N-dealkylation sites (tertiary alicyclic amines) is 1. The number of halogens is 2. The van der Waals surface area contributed by atoms with Crippen molar-refractivity contribution >= 4 is 34.2 Å². The SMILES string of the molecule is COc1cc(C(=O)N2CCC(N)C(C)(C)C2)cc(OC)c1Br.Cl. The van der Waals surface area contributed by atoms with Gasteiger partial charge in [-0.3, -0.25) is 4.79 Å². The molecule has 0 bridgehead atoms. The number of hydrogen-bond donors (Lipinski definition) is 1. The molecule has 1 fully saturated rings. The molecule has 1 unspecified atom stereocenters. The molecule has 2 N–H and O–H groups in total. The van der Waals surface area contributed by atoms with Crippen LogP contribution in [0.2, 0.25) is 0 Å². The maximum atomic E-state index is 12.8. The van der Waals surface area contributed by atoms with Crippen LogP contribution in [0.1, 0.15) is 30.6 Å². The lowest BCUT2D eigenvalue weighted by molar-refractivity contribution is 0.0532. The Kier molecular flexibility index (Phi) is 6.74. The van der Waals surface area contributed by atoms with Crippen LogP contribution in [0.3, 0.4) is 0 Å². The summed E-state index contributed by atoms with van der Waals surface area (Å²) in [6.07, 6.45) is 0.809. The van der Waals surface area contributed by atoms with Crippen molar-refractivity contribution < 1.29 is 14.3 Å². The number of nitrogens with two attached hydrogens (primary N) is 1. The molecule has 1 heterocycles. The van der Waals surface area contributed by atoms with Gasteiger partial charge in [-0.2, -0.15) is 0 Å². The van der Waals surface area contributed by atoms with Crippen LogP contribution < -0.4 is 15.2 Å². The Hall–Kier alpha value is -0.980. The largest absolute Gasteiger partial charge is 0.495 e. The van der Waals surface area contributed by atoms with Crippen molar-refractivity contribution in [2.75, 3.05) is 27.3 Å². The molecule has 1 amide bonds. The van der Waals surface area contributed by atoms with Crippen molar-refractivity contribution in [2.45, 2.75) is 26.3 Å². The lowest BCUT2D eigenvalue weighted by atomic mass is 9.79. The molecule has 0 spiro atoms. The number of carbonyl (C=O) groups excluding carboxylic acids is 1. The van der Waals surface area contributed by atoms with Crippen molar-refractivity contribution in [2.24, 2.45) is 11.1 Å². The molecule has 0 aromatic heterocycles. The van der Waals surface area contributed by atoms with E-state index < -0.39 is 0 Å². The highest BCUT2D eigenvalue weighted by Crippen LogP contribution is 2.36. The summed E-state index contributed by atoms with van der Waals surface area (Å²) in [6.45, 7) is 5.51. The molecular formula is C16H24BrClN2O3. The zero-order valence-electron chi connectivity index (χ0n) is 13.9. The molecule has 5 nitrogen and oxygen atoms in total. The fourth-order valence-electron chi connectivity index (χ4n) is 2.72. The fourth-order valence-corrected chi connectivity index (χ4v) is 3.28. The first-order chi connectivity index (χ1) is 10.3. The van der Waals surface area contributed by atoms with Crippen LogP contribution in [0.25, 0.3) is 0 Å². The summed E-state index contributed by atoms with van der Waals surface area (Å²) in [5.41, 5.74) is 6.61. The van der Waals surface area contributed by atoms with E-state index in [1.807, 2.05) is 4.90 Å². The van der Waals surface area contributed by atoms with Crippen molar-refractivity contribution in [3.05, 3.63) is 22.2 Å². The average molecular weight is 408 g/mol. The van der Waals surface area contributed by atoms with Gasteiger partial charge in [-0.25, -0.2) is 0 Å². The lowest BCUT2D eigenvalue weighted by Gasteiger charge is -2.42. The molecule has 2 rings (SSSR count). The van der Waals surface area contributed by atoms with E-state index in [0.29, 0.717) is 34.6 Å². The zero-order valence-corrected chi connectivity index (χ0v) is 16.3. The summed E-state index contributed by atoms with van der Waals surface area (Å²) in [6, 6.07) is 3.58. The normalized spacial score (nSPS) is 19.7. The molecular weight excluding hydrogens is 384 g/mol. The Morgan fingerprint density at radius 2 is 1.83 bits per heavy atom. The minimum Gasteiger partial charge on any atom is -0.495 e. The second-order valence-corrected chi connectivity index (χ2v) is 7.10. The zero-order chi connectivity index (χ0) is 16.5. The molecule has 130 valence electrons. The molecule has 1 aromatic carbocycles. The van der Waals surface area contributed by atoms with E-state index in [4.69, 9.17) is 15.2 Å². The molecule has 0 saturated carbocycles. The second kappa shape index (κ2) is 7.73. The Bertz CT molecular complexity index is 555. The van der Waals surface area contributed by atoms with Gasteiger partial charge in [-0.15, -0.1) is 12.4 Å². The molecule has 1 aliphatic rings. The molecule has 23 heavy (non-hydrogen) atoms. The first-order valence-corrected chi connectivity index (χ1v) is 8.06. The number of amides is 1. The maximum absolute atomic E-state index is 12.8. The van der Waals surface area contributed by atoms with Gasteiger partial charge in [0.1, 0.15) is 16.0 Å².